The number of carbonyl (C=O) groups is 1. The van der Waals surface area contributed by atoms with Crippen LogP contribution in [0.1, 0.15) is 29.0 Å². The largest absolute Gasteiger partial charge is 0.372 e. The number of carbonyl (C=O) groups excluding carboxylic acids is 1. The minimum absolute atomic E-state index is 0.00521. The number of pyridine rings is 1. The molecule has 1 aliphatic heterocycles. The number of fused-ring (bicyclic) bond motifs is 1. The number of aromatic amines is 1. The van der Waals surface area contributed by atoms with Crippen molar-refractivity contribution in [2.24, 2.45) is 0 Å². The number of aromatic nitrogens is 3. The van der Waals surface area contributed by atoms with Gasteiger partial charge in [-0.1, -0.05) is 6.07 Å². The highest BCUT2D eigenvalue weighted by atomic mass is 16.5. The van der Waals surface area contributed by atoms with E-state index in [1.54, 1.807) is 18.5 Å². The van der Waals surface area contributed by atoms with Crippen molar-refractivity contribution in [2.75, 3.05) is 13.2 Å². The molecule has 126 valence electrons. The lowest BCUT2D eigenvalue weighted by atomic mass is 10.1. The normalized spacial score (nSPS) is 26.3. The van der Waals surface area contributed by atoms with Crippen LogP contribution in [0.4, 0.5) is 0 Å². The Balaban J connectivity index is 1.42. The molecular weight excluding hydrogens is 308 g/mol. The summed E-state index contributed by atoms with van der Waals surface area (Å²) in [5, 5.41) is 6.62. The summed E-state index contributed by atoms with van der Waals surface area (Å²) in [4.78, 5) is 18.8. The molecule has 0 spiro atoms. The smallest absolute Gasteiger partial charge is 0.272 e. The van der Waals surface area contributed by atoms with Gasteiger partial charge in [-0.15, -0.1) is 0 Å². The molecule has 0 bridgehead atoms. The topological polar surface area (TPSA) is 80.3 Å². The predicted molar refractivity (Wildman–Crippen MR) is 85.2 cm³/mol. The van der Waals surface area contributed by atoms with E-state index in [9.17, 15) is 4.79 Å². The lowest BCUT2D eigenvalue weighted by molar-refractivity contribution is -0.109. The number of ether oxygens (including phenoxy) is 2. The number of nitrogens with zero attached hydrogens (tertiary/aromatic N) is 3. The van der Waals surface area contributed by atoms with Crippen LogP contribution in [0.5, 0.6) is 0 Å². The van der Waals surface area contributed by atoms with Crippen LogP contribution in [-0.4, -0.2) is 57.4 Å². The SMILES string of the molecule is O=C(c1ccn[nH]1)N1CCO[C@H]2[C@@H](OCc3ccccn3)CC[C@@H]21. The molecule has 3 heterocycles. The first-order valence-electron chi connectivity index (χ1n) is 8.26. The van der Waals surface area contributed by atoms with E-state index in [-0.39, 0.29) is 24.2 Å². The lowest BCUT2D eigenvalue weighted by Crippen LogP contribution is -2.54. The van der Waals surface area contributed by atoms with E-state index in [0.717, 1.165) is 18.5 Å². The first kappa shape index (κ1) is 15.3. The number of hydrogen-bond acceptors (Lipinski definition) is 5. The maximum atomic E-state index is 12.6. The van der Waals surface area contributed by atoms with Gasteiger partial charge in [0, 0.05) is 18.9 Å². The first-order chi connectivity index (χ1) is 11.8. The summed E-state index contributed by atoms with van der Waals surface area (Å²) < 4.78 is 12.0. The van der Waals surface area contributed by atoms with Crippen molar-refractivity contribution < 1.29 is 14.3 Å². The van der Waals surface area contributed by atoms with Crippen molar-refractivity contribution in [2.45, 2.75) is 37.7 Å². The molecule has 0 radical (unpaired) electrons. The van der Waals surface area contributed by atoms with Crippen LogP contribution in [0, 0.1) is 0 Å². The Hall–Kier alpha value is -2.25. The van der Waals surface area contributed by atoms with Crippen LogP contribution >= 0.6 is 0 Å². The van der Waals surface area contributed by atoms with Crippen LogP contribution in [0.3, 0.4) is 0 Å². The van der Waals surface area contributed by atoms with Gasteiger partial charge in [-0.25, -0.2) is 0 Å². The Morgan fingerprint density at radius 1 is 1.33 bits per heavy atom. The van der Waals surface area contributed by atoms with Crippen LogP contribution in [0.25, 0.3) is 0 Å². The summed E-state index contributed by atoms with van der Waals surface area (Å²) >= 11 is 0. The van der Waals surface area contributed by atoms with Gasteiger partial charge in [0.2, 0.25) is 0 Å². The molecule has 7 heteroatoms. The predicted octanol–water partition coefficient (Wildman–Crippen LogP) is 1.39. The molecule has 0 unspecified atom stereocenters. The number of H-pyrrole nitrogens is 1. The zero-order valence-electron chi connectivity index (χ0n) is 13.3. The molecule has 1 N–H and O–H groups in total. The zero-order valence-corrected chi connectivity index (χ0v) is 13.3. The second kappa shape index (κ2) is 6.70. The van der Waals surface area contributed by atoms with Gasteiger partial charge in [-0.05, 0) is 31.0 Å². The Morgan fingerprint density at radius 3 is 3.08 bits per heavy atom. The fraction of sp³-hybridized carbons (Fsp3) is 0.471. The molecule has 2 aliphatic rings. The summed E-state index contributed by atoms with van der Waals surface area (Å²) in [6, 6.07) is 7.55. The summed E-state index contributed by atoms with van der Waals surface area (Å²) in [5.74, 6) is -0.0174. The Morgan fingerprint density at radius 2 is 2.29 bits per heavy atom. The number of rotatable bonds is 4. The third-order valence-corrected chi connectivity index (χ3v) is 4.70. The summed E-state index contributed by atoms with van der Waals surface area (Å²) in [6.45, 7) is 1.60. The third kappa shape index (κ3) is 2.92. The molecule has 1 aliphatic carbocycles. The summed E-state index contributed by atoms with van der Waals surface area (Å²) in [6.07, 6.45) is 5.05. The molecule has 1 saturated heterocycles. The fourth-order valence-electron chi connectivity index (χ4n) is 3.55. The molecule has 7 nitrogen and oxygen atoms in total. The van der Waals surface area contributed by atoms with Crippen molar-refractivity contribution in [1.29, 1.82) is 0 Å². The van der Waals surface area contributed by atoms with Crippen LogP contribution in [0.15, 0.2) is 36.7 Å². The Bertz CT molecular complexity index is 676. The van der Waals surface area contributed by atoms with E-state index in [1.807, 2.05) is 23.1 Å². The average Bonchev–Trinajstić information content (AvgIpc) is 3.30. The molecule has 2 fully saturated rings. The number of amides is 1. The fourth-order valence-corrected chi connectivity index (χ4v) is 3.55. The van der Waals surface area contributed by atoms with Crippen molar-refractivity contribution >= 4 is 5.91 Å². The van der Waals surface area contributed by atoms with Crippen LogP contribution in [0.2, 0.25) is 0 Å². The van der Waals surface area contributed by atoms with Crippen molar-refractivity contribution in [3.05, 3.63) is 48.0 Å². The monoisotopic (exact) mass is 328 g/mol. The van der Waals surface area contributed by atoms with Crippen LogP contribution in [-0.2, 0) is 16.1 Å². The van der Waals surface area contributed by atoms with Gasteiger partial charge in [-0.2, -0.15) is 5.10 Å². The minimum atomic E-state index is -0.0747. The van der Waals surface area contributed by atoms with E-state index >= 15 is 0 Å². The summed E-state index contributed by atoms with van der Waals surface area (Å²) in [7, 11) is 0. The van der Waals surface area contributed by atoms with E-state index in [1.165, 1.54) is 0 Å². The Labute approximate surface area is 140 Å². The highest BCUT2D eigenvalue weighted by molar-refractivity contribution is 5.92. The van der Waals surface area contributed by atoms with Gasteiger partial charge in [0.05, 0.1) is 31.1 Å². The molecular formula is C17H20N4O3. The van der Waals surface area contributed by atoms with E-state index in [2.05, 4.69) is 15.2 Å². The number of morpholine rings is 1. The second-order valence-electron chi connectivity index (χ2n) is 6.12. The highest BCUT2D eigenvalue weighted by Gasteiger charge is 2.45. The van der Waals surface area contributed by atoms with E-state index in [0.29, 0.717) is 25.5 Å². The number of hydrogen-bond donors (Lipinski definition) is 1. The van der Waals surface area contributed by atoms with Crippen molar-refractivity contribution in [3.8, 4) is 0 Å². The molecule has 1 saturated carbocycles. The quantitative estimate of drug-likeness (QED) is 0.917. The van der Waals surface area contributed by atoms with Gasteiger partial charge >= 0.3 is 0 Å². The highest BCUT2D eigenvalue weighted by Crippen LogP contribution is 2.33. The van der Waals surface area contributed by atoms with E-state index in [4.69, 9.17) is 9.47 Å². The molecule has 1 amide bonds. The zero-order chi connectivity index (χ0) is 16.4. The average molecular weight is 328 g/mol. The van der Waals surface area contributed by atoms with Gasteiger partial charge in [0.15, 0.2) is 0 Å². The summed E-state index contributed by atoms with van der Waals surface area (Å²) in [5.41, 5.74) is 1.43. The molecule has 4 rings (SSSR count). The van der Waals surface area contributed by atoms with Gasteiger partial charge < -0.3 is 14.4 Å². The van der Waals surface area contributed by atoms with Gasteiger partial charge in [0.1, 0.15) is 11.8 Å². The maximum Gasteiger partial charge on any atom is 0.272 e. The van der Waals surface area contributed by atoms with E-state index < -0.39 is 0 Å². The molecule has 3 atom stereocenters. The molecule has 2 aromatic rings. The van der Waals surface area contributed by atoms with Gasteiger partial charge in [0.25, 0.3) is 5.91 Å². The first-order valence-corrected chi connectivity index (χ1v) is 8.26. The second-order valence-corrected chi connectivity index (χ2v) is 6.12. The maximum absolute atomic E-state index is 12.6. The molecule has 2 aromatic heterocycles. The van der Waals surface area contributed by atoms with Crippen LogP contribution < -0.4 is 0 Å². The third-order valence-electron chi connectivity index (χ3n) is 4.70. The minimum Gasteiger partial charge on any atom is -0.372 e. The molecule has 0 aromatic carbocycles. The Kier molecular flexibility index (Phi) is 4.27. The van der Waals surface area contributed by atoms with Gasteiger partial charge in [-0.3, -0.25) is 14.9 Å². The number of nitrogens with one attached hydrogen (secondary N) is 1. The van der Waals surface area contributed by atoms with Crippen molar-refractivity contribution in [1.82, 2.24) is 20.1 Å². The lowest BCUT2D eigenvalue weighted by Gasteiger charge is -2.38. The van der Waals surface area contributed by atoms with Crippen molar-refractivity contribution in [3.63, 3.8) is 0 Å². The molecule has 24 heavy (non-hydrogen) atoms. The standard InChI is InChI=1S/C17H20N4O3/c22-17(13-6-8-19-20-13)21-9-10-23-16-14(21)4-5-15(16)24-11-12-3-1-2-7-18-12/h1-3,6-8,14-16H,4-5,9-11H2,(H,19,20)/t14-,15-,16+/m0/s1.